The quantitative estimate of drug-likeness (QED) is 0.492. The van der Waals surface area contributed by atoms with Crippen molar-refractivity contribution in [2.75, 3.05) is 13.2 Å². The van der Waals surface area contributed by atoms with Gasteiger partial charge in [0.05, 0.1) is 0 Å². The molecule has 0 aromatic rings. The lowest BCUT2D eigenvalue weighted by Gasteiger charge is -2.26. The highest BCUT2D eigenvalue weighted by Gasteiger charge is 2.35. The van der Waals surface area contributed by atoms with Crippen LogP contribution in [0.2, 0.25) is 0 Å². The molecule has 1 aliphatic rings. The summed E-state index contributed by atoms with van der Waals surface area (Å²) in [5, 5.41) is 0. The van der Waals surface area contributed by atoms with E-state index in [0.29, 0.717) is 6.61 Å². The smallest absolute Gasteiger partial charge is 0.271 e. The Balaban J connectivity index is 2.41. The zero-order valence-corrected chi connectivity index (χ0v) is 5.36. The SMILES string of the molecule is C[C@H]1COCC(F)(F)C1. The van der Waals surface area contributed by atoms with Crippen LogP contribution in [0.25, 0.3) is 0 Å². The van der Waals surface area contributed by atoms with E-state index in [2.05, 4.69) is 4.74 Å². The minimum Gasteiger partial charge on any atom is -0.375 e. The van der Waals surface area contributed by atoms with Crippen molar-refractivity contribution in [2.24, 2.45) is 5.92 Å². The molecular weight excluding hydrogens is 126 g/mol. The molecule has 1 nitrogen and oxygen atoms in total. The van der Waals surface area contributed by atoms with Gasteiger partial charge in [-0.25, -0.2) is 8.78 Å². The van der Waals surface area contributed by atoms with E-state index in [-0.39, 0.29) is 12.3 Å². The minimum absolute atomic E-state index is 0.00810. The first-order valence-corrected chi connectivity index (χ1v) is 3.06. The summed E-state index contributed by atoms with van der Waals surface area (Å²) in [4.78, 5) is 0. The molecule has 0 saturated carbocycles. The number of alkyl halides is 2. The molecule has 0 bridgehead atoms. The van der Waals surface area contributed by atoms with Crippen molar-refractivity contribution in [2.45, 2.75) is 19.3 Å². The van der Waals surface area contributed by atoms with Gasteiger partial charge in [-0.3, -0.25) is 0 Å². The first-order valence-electron chi connectivity index (χ1n) is 3.06. The largest absolute Gasteiger partial charge is 0.375 e. The van der Waals surface area contributed by atoms with Gasteiger partial charge in [-0.15, -0.1) is 0 Å². The van der Waals surface area contributed by atoms with Crippen molar-refractivity contribution in [1.82, 2.24) is 0 Å². The maximum absolute atomic E-state index is 12.3. The highest BCUT2D eigenvalue weighted by atomic mass is 19.3. The highest BCUT2D eigenvalue weighted by Crippen LogP contribution is 2.27. The third kappa shape index (κ3) is 1.90. The van der Waals surface area contributed by atoms with Crippen molar-refractivity contribution in [1.29, 1.82) is 0 Å². The molecule has 0 N–H and O–H groups in total. The molecule has 0 radical (unpaired) electrons. The summed E-state index contributed by atoms with van der Waals surface area (Å²) in [7, 11) is 0. The number of ether oxygens (including phenoxy) is 1. The molecule has 0 unspecified atom stereocenters. The molecular formula is C6H10F2O. The molecule has 0 spiro atoms. The Hall–Kier alpha value is -0.180. The lowest BCUT2D eigenvalue weighted by Crippen LogP contribution is -2.33. The van der Waals surface area contributed by atoms with Gasteiger partial charge in [0.2, 0.25) is 0 Å². The Labute approximate surface area is 53.0 Å². The van der Waals surface area contributed by atoms with E-state index in [9.17, 15) is 8.78 Å². The van der Waals surface area contributed by atoms with Gasteiger partial charge in [0.15, 0.2) is 0 Å². The summed E-state index contributed by atoms with van der Waals surface area (Å²) in [6.07, 6.45) is -0.0208. The zero-order valence-electron chi connectivity index (χ0n) is 5.36. The Kier molecular flexibility index (Phi) is 1.70. The average Bonchev–Trinajstić information content (AvgIpc) is 1.60. The third-order valence-corrected chi connectivity index (χ3v) is 1.36. The zero-order chi connectivity index (χ0) is 6.91. The molecule has 1 fully saturated rings. The molecule has 54 valence electrons. The fourth-order valence-corrected chi connectivity index (χ4v) is 1.04. The van der Waals surface area contributed by atoms with Gasteiger partial charge in [0.1, 0.15) is 6.61 Å². The van der Waals surface area contributed by atoms with Crippen LogP contribution in [0, 0.1) is 5.92 Å². The van der Waals surface area contributed by atoms with Crippen LogP contribution in [0.15, 0.2) is 0 Å². The Morgan fingerprint density at radius 3 is 2.56 bits per heavy atom. The predicted octanol–water partition coefficient (Wildman–Crippen LogP) is 1.68. The molecule has 1 saturated heterocycles. The molecule has 3 heteroatoms. The summed E-state index contributed by atoms with van der Waals surface area (Å²) in [5.41, 5.74) is 0. The second-order valence-corrected chi connectivity index (χ2v) is 2.68. The molecule has 0 aliphatic carbocycles. The van der Waals surface area contributed by atoms with Gasteiger partial charge in [-0.1, -0.05) is 6.92 Å². The number of halogens is 2. The van der Waals surface area contributed by atoms with Crippen LogP contribution >= 0.6 is 0 Å². The lowest BCUT2D eigenvalue weighted by molar-refractivity contribution is -0.132. The summed E-state index contributed by atoms with van der Waals surface area (Å²) < 4.78 is 29.3. The predicted molar refractivity (Wildman–Crippen MR) is 29.5 cm³/mol. The van der Waals surface area contributed by atoms with Crippen LogP contribution in [-0.4, -0.2) is 19.1 Å². The van der Waals surface area contributed by atoms with Crippen LogP contribution in [0.4, 0.5) is 8.78 Å². The molecule has 0 amide bonds. The van der Waals surface area contributed by atoms with Crippen LogP contribution in [0.3, 0.4) is 0 Å². The summed E-state index contributed by atoms with van der Waals surface area (Å²) in [6, 6.07) is 0. The molecule has 1 aliphatic heterocycles. The molecule has 9 heavy (non-hydrogen) atoms. The van der Waals surface area contributed by atoms with Crippen LogP contribution < -0.4 is 0 Å². The Bertz CT molecular complexity index is 103. The van der Waals surface area contributed by atoms with Crippen molar-refractivity contribution >= 4 is 0 Å². The fourth-order valence-electron chi connectivity index (χ4n) is 1.04. The average molecular weight is 136 g/mol. The van der Waals surface area contributed by atoms with Crippen LogP contribution in [0.5, 0.6) is 0 Å². The van der Waals surface area contributed by atoms with Gasteiger partial charge < -0.3 is 4.74 Å². The van der Waals surface area contributed by atoms with Crippen LogP contribution in [-0.2, 0) is 4.74 Å². The first kappa shape index (κ1) is 6.93. The number of hydrogen-bond acceptors (Lipinski definition) is 1. The summed E-state index contributed by atoms with van der Waals surface area (Å²) >= 11 is 0. The fraction of sp³-hybridized carbons (Fsp3) is 1.00. The van der Waals surface area contributed by atoms with E-state index < -0.39 is 12.5 Å². The number of hydrogen-bond donors (Lipinski definition) is 0. The Morgan fingerprint density at radius 1 is 1.56 bits per heavy atom. The van der Waals surface area contributed by atoms with E-state index in [1.165, 1.54) is 0 Å². The molecule has 0 aromatic heterocycles. The maximum Gasteiger partial charge on any atom is 0.271 e. The lowest BCUT2D eigenvalue weighted by atomic mass is 10.0. The van der Waals surface area contributed by atoms with E-state index >= 15 is 0 Å². The molecule has 0 aromatic carbocycles. The van der Waals surface area contributed by atoms with E-state index in [1.807, 2.05) is 0 Å². The highest BCUT2D eigenvalue weighted by molar-refractivity contribution is 4.73. The summed E-state index contributed by atoms with van der Waals surface area (Å²) in [5.74, 6) is -2.56. The van der Waals surface area contributed by atoms with Gasteiger partial charge in [-0.2, -0.15) is 0 Å². The van der Waals surface area contributed by atoms with E-state index in [4.69, 9.17) is 0 Å². The van der Waals surface area contributed by atoms with Crippen molar-refractivity contribution < 1.29 is 13.5 Å². The standard InChI is InChI=1S/C6H10F2O/c1-5-2-6(7,8)4-9-3-5/h5H,2-4H2,1H3/t5-/m1/s1. The van der Waals surface area contributed by atoms with Crippen molar-refractivity contribution in [3.05, 3.63) is 0 Å². The van der Waals surface area contributed by atoms with Crippen LogP contribution in [0.1, 0.15) is 13.3 Å². The maximum atomic E-state index is 12.3. The normalized spacial score (nSPS) is 34.3. The van der Waals surface area contributed by atoms with E-state index in [0.717, 1.165) is 0 Å². The van der Waals surface area contributed by atoms with Crippen molar-refractivity contribution in [3.63, 3.8) is 0 Å². The van der Waals surface area contributed by atoms with Crippen molar-refractivity contribution in [3.8, 4) is 0 Å². The van der Waals surface area contributed by atoms with Gasteiger partial charge in [-0.05, 0) is 5.92 Å². The molecule has 1 atom stereocenters. The molecule has 1 heterocycles. The van der Waals surface area contributed by atoms with E-state index in [1.54, 1.807) is 6.92 Å². The molecule has 1 rings (SSSR count). The van der Waals surface area contributed by atoms with Gasteiger partial charge in [0.25, 0.3) is 5.92 Å². The first-order chi connectivity index (χ1) is 4.10. The number of rotatable bonds is 0. The van der Waals surface area contributed by atoms with Gasteiger partial charge in [0, 0.05) is 13.0 Å². The second kappa shape index (κ2) is 2.21. The monoisotopic (exact) mass is 136 g/mol. The Morgan fingerprint density at radius 2 is 2.22 bits per heavy atom. The topological polar surface area (TPSA) is 9.23 Å². The minimum atomic E-state index is -2.57. The second-order valence-electron chi connectivity index (χ2n) is 2.68. The summed E-state index contributed by atoms with van der Waals surface area (Å²) in [6.45, 7) is 1.86. The van der Waals surface area contributed by atoms with Gasteiger partial charge >= 0.3 is 0 Å². The third-order valence-electron chi connectivity index (χ3n) is 1.36.